The zero-order valence-electron chi connectivity index (χ0n) is 16.1. The van der Waals surface area contributed by atoms with E-state index in [9.17, 15) is 4.39 Å². The number of hydrogen-bond acceptors (Lipinski definition) is 7. The minimum atomic E-state index is -0.259. The maximum Gasteiger partial charge on any atom is 0.173 e. The molecule has 1 aromatic carbocycles. The second-order valence-corrected chi connectivity index (χ2v) is 7.49. The van der Waals surface area contributed by atoms with E-state index in [1.54, 1.807) is 29.2 Å². The Morgan fingerprint density at radius 1 is 1.13 bits per heavy atom. The van der Waals surface area contributed by atoms with Gasteiger partial charge in [0, 0.05) is 30.1 Å². The fourth-order valence-corrected chi connectivity index (χ4v) is 4.08. The summed E-state index contributed by atoms with van der Waals surface area (Å²) in [7, 11) is 0. The van der Waals surface area contributed by atoms with Gasteiger partial charge in [-0.1, -0.05) is 0 Å². The molecule has 4 aromatic rings. The van der Waals surface area contributed by atoms with Gasteiger partial charge in [-0.2, -0.15) is 0 Å². The van der Waals surface area contributed by atoms with Gasteiger partial charge in [0.2, 0.25) is 0 Å². The molecule has 5 heterocycles. The number of nitrogens with one attached hydrogen (secondary N) is 1. The van der Waals surface area contributed by atoms with Gasteiger partial charge < -0.3 is 14.8 Å². The van der Waals surface area contributed by atoms with E-state index < -0.39 is 0 Å². The maximum absolute atomic E-state index is 14.7. The van der Waals surface area contributed by atoms with Crippen LogP contribution in [0.5, 0.6) is 11.5 Å². The van der Waals surface area contributed by atoms with E-state index in [1.165, 1.54) is 6.07 Å². The quantitative estimate of drug-likeness (QED) is 0.522. The van der Waals surface area contributed by atoms with Crippen molar-refractivity contribution in [1.29, 1.82) is 0 Å². The summed E-state index contributed by atoms with van der Waals surface area (Å²) in [4.78, 5) is 8.87. The summed E-state index contributed by atoms with van der Waals surface area (Å²) in [5.74, 6) is 2.20. The number of benzene rings is 1. The molecule has 0 fully saturated rings. The lowest BCUT2D eigenvalue weighted by molar-refractivity contribution is 0.249. The van der Waals surface area contributed by atoms with Gasteiger partial charge in [-0.05, 0) is 30.7 Å². The zero-order valence-corrected chi connectivity index (χ0v) is 16.1. The molecule has 3 aromatic heterocycles. The molecule has 2 aliphatic heterocycles. The topological polar surface area (TPSA) is 86.5 Å². The van der Waals surface area contributed by atoms with Gasteiger partial charge in [-0.15, -0.1) is 10.2 Å². The van der Waals surface area contributed by atoms with E-state index >= 15 is 0 Å². The molecule has 0 bridgehead atoms. The lowest BCUT2D eigenvalue weighted by Crippen LogP contribution is -2.13. The fourth-order valence-electron chi connectivity index (χ4n) is 4.08. The van der Waals surface area contributed by atoms with Crippen LogP contribution in [0.3, 0.4) is 0 Å². The zero-order chi connectivity index (χ0) is 20.2. The van der Waals surface area contributed by atoms with Crippen molar-refractivity contribution >= 4 is 11.5 Å². The molecule has 9 heteroatoms. The van der Waals surface area contributed by atoms with Crippen molar-refractivity contribution in [3.8, 4) is 22.9 Å². The van der Waals surface area contributed by atoms with Crippen LogP contribution in [0, 0.1) is 12.7 Å². The third-order valence-corrected chi connectivity index (χ3v) is 5.54. The van der Waals surface area contributed by atoms with Gasteiger partial charge in [0.1, 0.15) is 17.9 Å². The Labute approximate surface area is 170 Å². The summed E-state index contributed by atoms with van der Waals surface area (Å²) in [6.07, 6.45) is 5.11. The molecule has 1 atom stereocenters. The Kier molecular flexibility index (Phi) is 3.64. The Balaban J connectivity index is 1.51. The van der Waals surface area contributed by atoms with E-state index in [0.29, 0.717) is 53.9 Å². The predicted octanol–water partition coefficient (Wildman–Crippen LogP) is 3.11. The molecular formula is C21H17FN6O2. The molecule has 6 rings (SSSR count). The molecule has 8 nitrogen and oxygen atoms in total. The fraction of sp³-hybridized carbons (Fsp3) is 0.238. The molecule has 0 radical (unpaired) electrons. The van der Waals surface area contributed by atoms with Crippen LogP contribution in [0.4, 0.5) is 10.2 Å². The van der Waals surface area contributed by atoms with Gasteiger partial charge in [-0.25, -0.2) is 14.4 Å². The first-order valence-corrected chi connectivity index (χ1v) is 9.65. The third-order valence-electron chi connectivity index (χ3n) is 5.54. The van der Waals surface area contributed by atoms with Crippen LogP contribution in [-0.4, -0.2) is 37.8 Å². The minimum Gasteiger partial charge on any atom is -0.493 e. The second kappa shape index (κ2) is 6.38. The second-order valence-electron chi connectivity index (χ2n) is 7.49. The number of pyridine rings is 1. The molecule has 0 saturated carbocycles. The van der Waals surface area contributed by atoms with Gasteiger partial charge in [0.05, 0.1) is 24.7 Å². The number of nitrogens with zero attached hydrogens (tertiary/aromatic N) is 5. The summed E-state index contributed by atoms with van der Waals surface area (Å²) in [5, 5.41) is 11.6. The van der Waals surface area contributed by atoms with E-state index in [1.807, 2.05) is 13.0 Å². The molecule has 0 spiro atoms. The van der Waals surface area contributed by atoms with E-state index in [0.717, 1.165) is 16.9 Å². The van der Waals surface area contributed by atoms with Crippen molar-refractivity contribution in [3.05, 3.63) is 59.4 Å². The summed E-state index contributed by atoms with van der Waals surface area (Å²) < 4.78 is 28.4. The molecule has 30 heavy (non-hydrogen) atoms. The molecule has 1 N–H and O–H groups in total. The number of rotatable bonds is 1. The highest BCUT2D eigenvalue weighted by atomic mass is 19.1. The number of fused-ring (bicyclic) bond motifs is 3. The normalized spacial score (nSPS) is 17.1. The van der Waals surface area contributed by atoms with Gasteiger partial charge in [0.15, 0.2) is 23.0 Å². The monoisotopic (exact) mass is 404 g/mol. The SMILES string of the molecule is Cc1cnc(-c2cc3c(n4cnnc24)NCc2c(F)ccc4c2[C@H](CO4)CO3)nc1. The minimum absolute atomic E-state index is 0.0471. The molecule has 150 valence electrons. The Morgan fingerprint density at radius 2 is 1.93 bits per heavy atom. The number of anilines is 1. The van der Waals surface area contributed by atoms with Crippen LogP contribution in [0.1, 0.15) is 22.6 Å². The van der Waals surface area contributed by atoms with Crippen molar-refractivity contribution in [2.45, 2.75) is 19.4 Å². The average molecular weight is 404 g/mol. The smallest absolute Gasteiger partial charge is 0.173 e. The van der Waals surface area contributed by atoms with Crippen molar-refractivity contribution in [2.75, 3.05) is 18.5 Å². The van der Waals surface area contributed by atoms with Crippen molar-refractivity contribution in [1.82, 2.24) is 24.6 Å². The highest BCUT2D eigenvalue weighted by Gasteiger charge is 2.31. The molecule has 0 amide bonds. The molecule has 2 aliphatic rings. The number of ether oxygens (including phenoxy) is 2. The van der Waals surface area contributed by atoms with Crippen LogP contribution in [0.2, 0.25) is 0 Å². The summed E-state index contributed by atoms with van der Waals surface area (Å²) in [5.41, 5.74) is 3.73. The van der Waals surface area contributed by atoms with Crippen LogP contribution in [-0.2, 0) is 6.54 Å². The average Bonchev–Trinajstić information content (AvgIpc) is 3.40. The van der Waals surface area contributed by atoms with Gasteiger partial charge >= 0.3 is 0 Å². The lowest BCUT2D eigenvalue weighted by atomic mass is 9.96. The van der Waals surface area contributed by atoms with E-state index in [-0.39, 0.29) is 11.7 Å². The van der Waals surface area contributed by atoms with Crippen molar-refractivity contribution < 1.29 is 13.9 Å². The molecule has 0 aliphatic carbocycles. The first-order valence-electron chi connectivity index (χ1n) is 9.65. The van der Waals surface area contributed by atoms with Gasteiger partial charge in [-0.3, -0.25) is 4.40 Å². The van der Waals surface area contributed by atoms with Crippen LogP contribution in [0.25, 0.3) is 17.0 Å². The van der Waals surface area contributed by atoms with E-state index in [2.05, 4.69) is 25.5 Å². The Bertz CT molecular complexity index is 1290. The van der Waals surface area contributed by atoms with Crippen molar-refractivity contribution in [2.24, 2.45) is 0 Å². The third kappa shape index (κ3) is 2.51. The lowest BCUT2D eigenvalue weighted by Gasteiger charge is -2.16. The van der Waals surface area contributed by atoms with Crippen LogP contribution in [0.15, 0.2) is 36.9 Å². The Hall–Kier alpha value is -3.75. The summed E-state index contributed by atoms with van der Waals surface area (Å²) in [6, 6.07) is 4.99. The van der Waals surface area contributed by atoms with E-state index in [4.69, 9.17) is 9.47 Å². The number of aromatic nitrogens is 5. The van der Waals surface area contributed by atoms with Gasteiger partial charge in [0.25, 0.3) is 0 Å². The highest BCUT2D eigenvalue weighted by Crippen LogP contribution is 2.41. The van der Waals surface area contributed by atoms with Crippen LogP contribution < -0.4 is 14.8 Å². The number of aryl methyl sites for hydroxylation is 1. The predicted molar refractivity (Wildman–Crippen MR) is 106 cm³/mol. The molecular weight excluding hydrogens is 387 g/mol. The summed E-state index contributed by atoms with van der Waals surface area (Å²) in [6.45, 7) is 3.05. The maximum atomic E-state index is 14.7. The Morgan fingerprint density at radius 3 is 2.77 bits per heavy atom. The van der Waals surface area contributed by atoms with Crippen molar-refractivity contribution in [3.63, 3.8) is 0 Å². The van der Waals surface area contributed by atoms with Crippen LogP contribution >= 0.6 is 0 Å². The first kappa shape index (κ1) is 17.1. The number of halogens is 1. The largest absolute Gasteiger partial charge is 0.493 e. The number of hydrogen-bond donors (Lipinski definition) is 1. The summed E-state index contributed by atoms with van der Waals surface area (Å²) >= 11 is 0. The highest BCUT2D eigenvalue weighted by molar-refractivity contribution is 5.78. The standard InChI is InChI=1S/C21H17FN6O2/c1-11-5-23-19(24-6-11)13-4-17-21(28-10-26-27-20(13)28)25-7-14-15(22)2-3-16-18(14)12(8-29-16)9-30-17/h2-6,10,12,25H,7-9H2,1H3/t12-/m1/s1. The first-order chi connectivity index (χ1) is 14.7. The molecule has 0 saturated heterocycles. The molecule has 0 unspecified atom stereocenters.